The van der Waals surface area contributed by atoms with Crippen LogP contribution in [0.5, 0.6) is 0 Å². The highest BCUT2D eigenvalue weighted by molar-refractivity contribution is 6.31. The molecule has 0 fully saturated rings. The maximum atomic E-state index is 13.2. The van der Waals surface area contributed by atoms with Crippen LogP contribution in [-0.2, 0) is 6.42 Å². The second kappa shape index (κ2) is 4.43. The summed E-state index contributed by atoms with van der Waals surface area (Å²) in [6.45, 7) is 5.69. The van der Waals surface area contributed by atoms with E-state index in [0.717, 1.165) is 12.0 Å². The van der Waals surface area contributed by atoms with Gasteiger partial charge in [0.1, 0.15) is 5.82 Å². The largest absolute Gasteiger partial charge is 0.207 e. The number of hydrogen-bond donors (Lipinski definition) is 0. The summed E-state index contributed by atoms with van der Waals surface area (Å²) < 4.78 is 13.2. The fourth-order valence-electron chi connectivity index (χ4n) is 1.11. The summed E-state index contributed by atoms with van der Waals surface area (Å²) in [6.07, 6.45) is 1.40. The van der Waals surface area contributed by atoms with Gasteiger partial charge in [0.25, 0.3) is 0 Å². The summed E-state index contributed by atoms with van der Waals surface area (Å²) in [7, 11) is 0. The van der Waals surface area contributed by atoms with Gasteiger partial charge in [-0.25, -0.2) is 4.39 Å². The average Bonchev–Trinajstić information content (AvgIpc) is 2.03. The Labute approximate surface area is 83.0 Å². The van der Waals surface area contributed by atoms with E-state index in [0.29, 0.717) is 17.0 Å². The van der Waals surface area contributed by atoms with E-state index >= 15 is 0 Å². The van der Waals surface area contributed by atoms with Gasteiger partial charge in [0.2, 0.25) is 0 Å². The van der Waals surface area contributed by atoms with Gasteiger partial charge < -0.3 is 0 Å². The lowest BCUT2D eigenvalue weighted by Crippen LogP contribution is -1.92. The van der Waals surface area contributed by atoms with Crippen LogP contribution in [0.25, 0.3) is 0 Å². The summed E-state index contributed by atoms with van der Waals surface area (Å²) in [6, 6.07) is 4.75. The Balaban J connectivity index is 2.81. The molecule has 0 radical (unpaired) electrons. The van der Waals surface area contributed by atoms with Crippen molar-refractivity contribution in [2.24, 2.45) is 0 Å². The molecule has 0 N–H and O–H groups in total. The van der Waals surface area contributed by atoms with E-state index < -0.39 is 0 Å². The number of hydrogen-bond acceptors (Lipinski definition) is 0. The van der Waals surface area contributed by atoms with Gasteiger partial charge in [-0.2, -0.15) is 0 Å². The van der Waals surface area contributed by atoms with Crippen LogP contribution in [0.2, 0.25) is 5.02 Å². The lowest BCUT2D eigenvalue weighted by molar-refractivity contribution is 0.608. The Morgan fingerprint density at radius 2 is 2.23 bits per heavy atom. The molecule has 13 heavy (non-hydrogen) atoms. The van der Waals surface area contributed by atoms with Crippen LogP contribution >= 0.6 is 11.6 Å². The highest BCUT2D eigenvalue weighted by atomic mass is 35.5. The van der Waals surface area contributed by atoms with Crippen molar-refractivity contribution in [3.8, 4) is 0 Å². The van der Waals surface area contributed by atoms with Gasteiger partial charge in [0.05, 0.1) is 0 Å². The molecule has 70 valence electrons. The van der Waals surface area contributed by atoms with Gasteiger partial charge in [0.15, 0.2) is 0 Å². The molecule has 2 heteroatoms. The molecule has 0 amide bonds. The van der Waals surface area contributed by atoms with Crippen molar-refractivity contribution < 1.29 is 4.39 Å². The molecule has 0 aliphatic heterocycles. The second-order valence-corrected chi connectivity index (χ2v) is 3.56. The lowest BCUT2D eigenvalue weighted by Gasteiger charge is -2.04. The zero-order valence-electron chi connectivity index (χ0n) is 7.61. The standard InChI is InChI=1S/C11H12ClF/c1-8(2)6-7-9-10(12)4-3-5-11(9)13/h3-5H,1,6-7H2,2H3. The fraction of sp³-hybridized carbons (Fsp3) is 0.273. The number of halogens is 2. The van der Waals surface area contributed by atoms with Crippen molar-refractivity contribution in [1.29, 1.82) is 0 Å². The summed E-state index contributed by atoms with van der Waals surface area (Å²) in [4.78, 5) is 0. The van der Waals surface area contributed by atoms with Gasteiger partial charge in [-0.1, -0.05) is 23.2 Å². The van der Waals surface area contributed by atoms with E-state index in [1.165, 1.54) is 6.07 Å². The van der Waals surface area contributed by atoms with Gasteiger partial charge in [0, 0.05) is 10.6 Å². The smallest absolute Gasteiger partial charge is 0.127 e. The maximum absolute atomic E-state index is 13.2. The molecule has 1 rings (SSSR count). The van der Waals surface area contributed by atoms with E-state index in [2.05, 4.69) is 6.58 Å². The Hall–Kier alpha value is -0.820. The van der Waals surface area contributed by atoms with Crippen LogP contribution in [0.15, 0.2) is 30.4 Å². The molecular formula is C11H12ClF. The molecular weight excluding hydrogens is 187 g/mol. The molecule has 0 unspecified atom stereocenters. The second-order valence-electron chi connectivity index (χ2n) is 3.16. The minimum Gasteiger partial charge on any atom is -0.207 e. The average molecular weight is 199 g/mol. The zero-order chi connectivity index (χ0) is 9.84. The molecule has 0 saturated carbocycles. The van der Waals surface area contributed by atoms with Crippen LogP contribution in [0.1, 0.15) is 18.9 Å². The first kappa shape index (κ1) is 10.3. The lowest BCUT2D eigenvalue weighted by atomic mass is 10.1. The zero-order valence-corrected chi connectivity index (χ0v) is 8.37. The van der Waals surface area contributed by atoms with E-state index in [9.17, 15) is 4.39 Å². The monoisotopic (exact) mass is 198 g/mol. The quantitative estimate of drug-likeness (QED) is 0.645. The van der Waals surface area contributed by atoms with Crippen molar-refractivity contribution in [2.45, 2.75) is 19.8 Å². The van der Waals surface area contributed by atoms with E-state index in [1.807, 2.05) is 6.92 Å². The Bertz CT molecular complexity index is 298. The van der Waals surface area contributed by atoms with Gasteiger partial charge in [-0.3, -0.25) is 0 Å². The first-order valence-electron chi connectivity index (χ1n) is 4.18. The topological polar surface area (TPSA) is 0 Å². The van der Waals surface area contributed by atoms with Gasteiger partial charge >= 0.3 is 0 Å². The Morgan fingerprint density at radius 3 is 2.77 bits per heavy atom. The van der Waals surface area contributed by atoms with Gasteiger partial charge in [-0.05, 0) is 31.9 Å². The molecule has 1 aromatic rings. The van der Waals surface area contributed by atoms with Crippen molar-refractivity contribution in [1.82, 2.24) is 0 Å². The van der Waals surface area contributed by atoms with Crippen LogP contribution in [0.3, 0.4) is 0 Å². The van der Waals surface area contributed by atoms with Gasteiger partial charge in [-0.15, -0.1) is 6.58 Å². The normalized spacial score (nSPS) is 10.1. The Morgan fingerprint density at radius 1 is 1.54 bits per heavy atom. The SMILES string of the molecule is C=C(C)CCc1c(F)cccc1Cl. The molecule has 0 saturated heterocycles. The van der Waals surface area contributed by atoms with Crippen LogP contribution in [-0.4, -0.2) is 0 Å². The third-order valence-corrected chi connectivity index (χ3v) is 2.22. The number of benzene rings is 1. The van der Waals surface area contributed by atoms with E-state index in [4.69, 9.17) is 11.6 Å². The molecule has 0 spiro atoms. The third-order valence-electron chi connectivity index (χ3n) is 1.86. The minimum absolute atomic E-state index is 0.228. The van der Waals surface area contributed by atoms with E-state index in [1.54, 1.807) is 12.1 Å². The molecule has 0 atom stereocenters. The molecule has 0 bridgehead atoms. The van der Waals surface area contributed by atoms with Crippen LogP contribution in [0.4, 0.5) is 4.39 Å². The summed E-state index contributed by atoms with van der Waals surface area (Å²) >= 11 is 5.84. The highest BCUT2D eigenvalue weighted by Gasteiger charge is 2.05. The predicted molar refractivity (Wildman–Crippen MR) is 54.5 cm³/mol. The summed E-state index contributed by atoms with van der Waals surface area (Å²) in [5.41, 5.74) is 1.63. The highest BCUT2D eigenvalue weighted by Crippen LogP contribution is 2.21. The molecule has 0 nitrogen and oxygen atoms in total. The summed E-state index contributed by atoms with van der Waals surface area (Å²) in [5.74, 6) is -0.228. The van der Waals surface area contributed by atoms with Crippen LogP contribution < -0.4 is 0 Å². The molecule has 0 heterocycles. The summed E-state index contributed by atoms with van der Waals surface area (Å²) in [5, 5.41) is 0.501. The van der Waals surface area contributed by atoms with E-state index in [-0.39, 0.29) is 5.82 Å². The van der Waals surface area contributed by atoms with Crippen LogP contribution in [0, 0.1) is 5.82 Å². The Kier molecular flexibility index (Phi) is 3.49. The maximum Gasteiger partial charge on any atom is 0.127 e. The molecule has 0 aliphatic carbocycles. The first-order chi connectivity index (χ1) is 6.11. The first-order valence-corrected chi connectivity index (χ1v) is 4.56. The van der Waals surface area contributed by atoms with Crippen molar-refractivity contribution in [3.05, 3.63) is 46.8 Å². The number of allylic oxidation sites excluding steroid dienone is 1. The minimum atomic E-state index is -0.228. The third kappa shape index (κ3) is 2.85. The van der Waals surface area contributed by atoms with Crippen molar-refractivity contribution in [2.75, 3.05) is 0 Å². The predicted octanol–water partition coefficient (Wildman–Crippen LogP) is 3.99. The molecule has 0 aliphatic rings. The number of rotatable bonds is 3. The van der Waals surface area contributed by atoms with Crippen molar-refractivity contribution in [3.63, 3.8) is 0 Å². The fourth-order valence-corrected chi connectivity index (χ4v) is 1.37. The molecule has 0 aromatic heterocycles. The van der Waals surface area contributed by atoms with Crippen molar-refractivity contribution >= 4 is 11.6 Å². The molecule has 1 aromatic carbocycles.